The van der Waals surface area contributed by atoms with E-state index in [1.807, 2.05) is 81.4 Å². The molecule has 1 atom stereocenters. The zero-order valence-electron chi connectivity index (χ0n) is 22.1. The van der Waals surface area contributed by atoms with Crippen LogP contribution in [0.5, 0.6) is 0 Å². The number of sulfonamides is 1. The molecule has 0 radical (unpaired) electrons. The molecule has 7 nitrogen and oxygen atoms in total. The third-order valence-electron chi connectivity index (χ3n) is 6.45. The number of likely N-dealkylation sites (N-methyl/N-ethyl adjacent to an activating group) is 1. The lowest BCUT2D eigenvalue weighted by atomic mass is 10.0. The van der Waals surface area contributed by atoms with Crippen LogP contribution in [0.3, 0.4) is 0 Å². The molecule has 0 spiro atoms. The molecule has 2 amide bonds. The molecule has 0 aliphatic heterocycles. The van der Waals surface area contributed by atoms with Gasteiger partial charge in [-0.25, -0.2) is 8.42 Å². The van der Waals surface area contributed by atoms with Gasteiger partial charge in [-0.3, -0.25) is 13.9 Å². The zero-order valence-corrected chi connectivity index (χ0v) is 22.9. The van der Waals surface area contributed by atoms with Crippen molar-refractivity contribution in [2.45, 2.75) is 39.8 Å². The number of carbonyl (C=O) groups excluding carboxylic acids is 2. The molecule has 0 saturated carbocycles. The quantitative estimate of drug-likeness (QED) is 0.440. The summed E-state index contributed by atoms with van der Waals surface area (Å²) in [6, 6.07) is 21.6. The number of amides is 2. The summed E-state index contributed by atoms with van der Waals surface area (Å²) in [5.41, 5.74) is 5.17. The minimum Gasteiger partial charge on any atom is -0.357 e. The smallest absolute Gasteiger partial charge is 0.244 e. The van der Waals surface area contributed by atoms with E-state index in [2.05, 4.69) is 5.32 Å². The highest BCUT2D eigenvalue weighted by atomic mass is 32.2. The van der Waals surface area contributed by atoms with Crippen molar-refractivity contribution < 1.29 is 18.0 Å². The highest BCUT2D eigenvalue weighted by Gasteiger charge is 2.32. The van der Waals surface area contributed by atoms with E-state index in [0.717, 1.165) is 38.4 Å². The summed E-state index contributed by atoms with van der Waals surface area (Å²) in [6.45, 7) is 5.55. The molecule has 0 aromatic heterocycles. The number of aryl methyl sites for hydroxylation is 3. The van der Waals surface area contributed by atoms with Gasteiger partial charge in [0, 0.05) is 20.0 Å². The normalized spacial score (nSPS) is 12.0. The van der Waals surface area contributed by atoms with Gasteiger partial charge < -0.3 is 10.2 Å². The molecule has 3 aromatic carbocycles. The van der Waals surface area contributed by atoms with Gasteiger partial charge in [0.1, 0.15) is 12.6 Å². The SMILES string of the molecule is CNC(=O)[C@@H](Cc1ccccc1)N(Cc1ccc(C)cc1)C(=O)CN(c1ccc(C)c(C)c1)S(C)(=O)=O. The Balaban J connectivity index is 2.03. The fraction of sp³-hybridized carbons (Fsp3) is 0.310. The topological polar surface area (TPSA) is 86.8 Å². The van der Waals surface area contributed by atoms with E-state index in [9.17, 15) is 18.0 Å². The Morgan fingerprint density at radius 2 is 1.51 bits per heavy atom. The summed E-state index contributed by atoms with van der Waals surface area (Å²) in [4.78, 5) is 28.5. The van der Waals surface area contributed by atoms with Crippen molar-refractivity contribution in [3.8, 4) is 0 Å². The molecule has 0 heterocycles. The standard InChI is InChI=1S/C29H35N3O4S/c1-21-11-14-25(15-12-21)19-31(27(29(34)30-4)18-24-9-7-6-8-10-24)28(33)20-32(37(5,35)36)26-16-13-22(2)23(3)17-26/h6-17,27H,18-20H2,1-5H3,(H,30,34)/t27-/m1/s1. The minimum absolute atomic E-state index is 0.161. The number of nitrogens with zero attached hydrogens (tertiary/aromatic N) is 2. The Kier molecular flexibility index (Phi) is 9.10. The van der Waals surface area contributed by atoms with Crippen molar-refractivity contribution >= 4 is 27.5 Å². The van der Waals surface area contributed by atoms with E-state index in [1.54, 1.807) is 12.1 Å². The van der Waals surface area contributed by atoms with E-state index in [4.69, 9.17) is 0 Å². The van der Waals surface area contributed by atoms with E-state index in [-0.39, 0.29) is 12.5 Å². The van der Waals surface area contributed by atoms with Crippen LogP contribution in [0, 0.1) is 20.8 Å². The minimum atomic E-state index is -3.78. The van der Waals surface area contributed by atoms with Crippen molar-refractivity contribution in [2.24, 2.45) is 0 Å². The maximum absolute atomic E-state index is 13.9. The molecule has 3 aromatic rings. The highest BCUT2D eigenvalue weighted by molar-refractivity contribution is 7.92. The number of carbonyl (C=O) groups is 2. The van der Waals surface area contributed by atoms with Crippen LogP contribution in [0.15, 0.2) is 72.8 Å². The van der Waals surface area contributed by atoms with Crippen LogP contribution in [-0.4, -0.2) is 51.0 Å². The molecule has 0 unspecified atom stereocenters. The predicted molar refractivity (Wildman–Crippen MR) is 148 cm³/mol. The summed E-state index contributed by atoms with van der Waals surface area (Å²) in [5.74, 6) is -0.782. The largest absolute Gasteiger partial charge is 0.357 e. The first-order chi connectivity index (χ1) is 17.5. The monoisotopic (exact) mass is 521 g/mol. The van der Waals surface area contributed by atoms with Crippen LogP contribution in [0.2, 0.25) is 0 Å². The van der Waals surface area contributed by atoms with Crippen molar-refractivity contribution in [2.75, 3.05) is 24.2 Å². The third kappa shape index (κ3) is 7.43. The lowest BCUT2D eigenvalue weighted by molar-refractivity contribution is -0.139. The second-order valence-corrected chi connectivity index (χ2v) is 11.3. The summed E-state index contributed by atoms with van der Waals surface area (Å²) in [6.07, 6.45) is 1.38. The second kappa shape index (κ2) is 12.1. The Hall–Kier alpha value is -3.65. The fourth-order valence-electron chi connectivity index (χ4n) is 4.11. The molecular formula is C29H35N3O4S. The number of rotatable bonds is 10. The van der Waals surface area contributed by atoms with Gasteiger partial charge in [0.2, 0.25) is 21.8 Å². The maximum Gasteiger partial charge on any atom is 0.244 e. The lowest BCUT2D eigenvalue weighted by Crippen LogP contribution is -2.52. The number of anilines is 1. The van der Waals surface area contributed by atoms with Crippen LogP contribution >= 0.6 is 0 Å². The Morgan fingerprint density at radius 3 is 2.08 bits per heavy atom. The van der Waals surface area contributed by atoms with Gasteiger partial charge in [0.15, 0.2) is 0 Å². The molecule has 0 aliphatic rings. The molecule has 0 saturated heterocycles. The summed E-state index contributed by atoms with van der Waals surface area (Å²) in [5, 5.41) is 2.68. The first-order valence-electron chi connectivity index (χ1n) is 12.1. The second-order valence-electron chi connectivity index (χ2n) is 9.37. The fourth-order valence-corrected chi connectivity index (χ4v) is 4.95. The van der Waals surface area contributed by atoms with Gasteiger partial charge in [-0.05, 0) is 55.2 Å². The first kappa shape index (κ1) is 27.9. The van der Waals surface area contributed by atoms with Gasteiger partial charge in [-0.1, -0.05) is 66.2 Å². The predicted octanol–water partition coefficient (Wildman–Crippen LogP) is 3.76. The Labute approximate surface area is 220 Å². The van der Waals surface area contributed by atoms with E-state index >= 15 is 0 Å². The van der Waals surface area contributed by atoms with Gasteiger partial charge in [0.25, 0.3) is 0 Å². The van der Waals surface area contributed by atoms with Crippen LogP contribution in [0.4, 0.5) is 5.69 Å². The lowest BCUT2D eigenvalue weighted by Gasteiger charge is -2.33. The number of nitrogens with one attached hydrogen (secondary N) is 1. The average molecular weight is 522 g/mol. The number of hydrogen-bond acceptors (Lipinski definition) is 4. The number of hydrogen-bond donors (Lipinski definition) is 1. The molecule has 196 valence electrons. The Bertz CT molecular complexity index is 1340. The molecule has 1 N–H and O–H groups in total. The summed E-state index contributed by atoms with van der Waals surface area (Å²) >= 11 is 0. The van der Waals surface area contributed by atoms with E-state index < -0.39 is 28.5 Å². The third-order valence-corrected chi connectivity index (χ3v) is 7.59. The van der Waals surface area contributed by atoms with E-state index in [1.165, 1.54) is 11.9 Å². The van der Waals surface area contributed by atoms with Crippen LogP contribution in [-0.2, 0) is 32.6 Å². The van der Waals surface area contributed by atoms with Gasteiger partial charge in [-0.15, -0.1) is 0 Å². The molecule has 3 rings (SSSR count). The molecule has 0 fully saturated rings. The molecule has 0 aliphatic carbocycles. The molecular weight excluding hydrogens is 486 g/mol. The zero-order chi connectivity index (χ0) is 27.2. The van der Waals surface area contributed by atoms with Crippen molar-refractivity contribution in [3.05, 3.63) is 101 Å². The van der Waals surface area contributed by atoms with Gasteiger partial charge >= 0.3 is 0 Å². The highest BCUT2D eigenvalue weighted by Crippen LogP contribution is 2.23. The van der Waals surface area contributed by atoms with Crippen molar-refractivity contribution in [1.82, 2.24) is 10.2 Å². The van der Waals surface area contributed by atoms with Gasteiger partial charge in [-0.2, -0.15) is 0 Å². The van der Waals surface area contributed by atoms with Crippen LogP contribution < -0.4 is 9.62 Å². The molecule has 0 bridgehead atoms. The van der Waals surface area contributed by atoms with Crippen molar-refractivity contribution in [1.29, 1.82) is 0 Å². The maximum atomic E-state index is 13.9. The van der Waals surface area contributed by atoms with Gasteiger partial charge in [0.05, 0.1) is 11.9 Å². The molecule has 37 heavy (non-hydrogen) atoms. The van der Waals surface area contributed by atoms with Crippen molar-refractivity contribution in [3.63, 3.8) is 0 Å². The summed E-state index contributed by atoms with van der Waals surface area (Å²) in [7, 11) is -2.25. The van der Waals surface area contributed by atoms with E-state index in [0.29, 0.717) is 12.1 Å². The molecule has 8 heteroatoms. The first-order valence-corrected chi connectivity index (χ1v) is 14.0. The summed E-state index contributed by atoms with van der Waals surface area (Å²) < 4.78 is 26.7. The van der Waals surface area contributed by atoms with Crippen LogP contribution in [0.1, 0.15) is 27.8 Å². The van der Waals surface area contributed by atoms with Crippen LogP contribution in [0.25, 0.3) is 0 Å². The average Bonchev–Trinajstić information content (AvgIpc) is 2.87. The Morgan fingerprint density at radius 1 is 0.865 bits per heavy atom. The number of benzene rings is 3.